The van der Waals surface area contributed by atoms with Crippen molar-refractivity contribution in [3.05, 3.63) is 22.5 Å². The molecule has 21 heavy (non-hydrogen) atoms. The largest absolute Gasteiger partial charge is 0.350 e. The van der Waals surface area contributed by atoms with E-state index in [2.05, 4.69) is 25.9 Å². The van der Waals surface area contributed by atoms with E-state index >= 15 is 0 Å². The molecule has 0 spiro atoms. The molecule has 0 radical (unpaired) electrons. The van der Waals surface area contributed by atoms with E-state index in [4.69, 9.17) is 0 Å². The van der Waals surface area contributed by atoms with Crippen LogP contribution in [-0.2, 0) is 11.8 Å². The minimum atomic E-state index is -0.252. The zero-order chi connectivity index (χ0) is 15.4. The van der Waals surface area contributed by atoms with Crippen LogP contribution in [0.15, 0.2) is 6.07 Å². The van der Waals surface area contributed by atoms with E-state index in [9.17, 15) is 9.59 Å². The second kappa shape index (κ2) is 6.44. The van der Waals surface area contributed by atoms with E-state index in [1.807, 2.05) is 13.8 Å². The van der Waals surface area contributed by atoms with Crippen molar-refractivity contribution in [3.63, 3.8) is 0 Å². The number of aromatic nitrogens is 4. The molecule has 9 heteroatoms. The fourth-order valence-electron chi connectivity index (χ4n) is 1.73. The van der Waals surface area contributed by atoms with Crippen LogP contribution in [0.3, 0.4) is 0 Å². The zero-order valence-corrected chi connectivity index (χ0v) is 12.8. The highest BCUT2D eigenvalue weighted by Crippen LogP contribution is 2.13. The molecule has 0 saturated carbocycles. The molecule has 2 rings (SSSR count). The van der Waals surface area contributed by atoms with Crippen molar-refractivity contribution in [1.29, 1.82) is 0 Å². The van der Waals surface area contributed by atoms with Gasteiger partial charge in [-0.3, -0.25) is 14.3 Å². The molecule has 2 amide bonds. The Bertz CT molecular complexity index is 663. The number of carbonyl (C=O) groups excluding carboxylic acids is 2. The lowest BCUT2D eigenvalue weighted by Crippen LogP contribution is -2.29. The number of hydrogen-bond donors (Lipinski definition) is 2. The van der Waals surface area contributed by atoms with Gasteiger partial charge >= 0.3 is 0 Å². The molecule has 0 aliphatic rings. The van der Waals surface area contributed by atoms with Gasteiger partial charge in [0.15, 0.2) is 0 Å². The van der Waals surface area contributed by atoms with Crippen LogP contribution in [0.5, 0.6) is 0 Å². The van der Waals surface area contributed by atoms with Gasteiger partial charge in [0.2, 0.25) is 11.0 Å². The molecule has 0 aliphatic heterocycles. The molecule has 2 aromatic heterocycles. The summed E-state index contributed by atoms with van der Waals surface area (Å²) < 4.78 is 1.51. The summed E-state index contributed by atoms with van der Waals surface area (Å²) in [5.74, 6) is -0.467. The van der Waals surface area contributed by atoms with Crippen LogP contribution < -0.4 is 10.6 Å². The minimum absolute atomic E-state index is 0.168. The van der Waals surface area contributed by atoms with E-state index in [1.54, 1.807) is 13.1 Å². The Hall–Kier alpha value is -2.29. The third-order valence-corrected chi connectivity index (χ3v) is 3.40. The van der Waals surface area contributed by atoms with Gasteiger partial charge in [0.05, 0.1) is 5.69 Å². The first kappa shape index (κ1) is 15.1. The third kappa shape index (κ3) is 4.09. The number of carbonyl (C=O) groups is 2. The Morgan fingerprint density at radius 1 is 1.33 bits per heavy atom. The van der Waals surface area contributed by atoms with Crippen molar-refractivity contribution in [2.24, 2.45) is 7.05 Å². The van der Waals surface area contributed by atoms with Crippen molar-refractivity contribution < 1.29 is 9.59 Å². The molecule has 2 aromatic rings. The highest BCUT2D eigenvalue weighted by Gasteiger charge is 2.12. The van der Waals surface area contributed by atoms with Crippen LogP contribution in [0.1, 0.15) is 27.6 Å². The smallest absolute Gasteiger partial charge is 0.269 e. The molecule has 0 aromatic carbocycles. The summed E-state index contributed by atoms with van der Waals surface area (Å²) in [5, 5.41) is 18.3. The summed E-state index contributed by atoms with van der Waals surface area (Å²) in [7, 11) is 1.70. The monoisotopic (exact) mass is 308 g/mol. The summed E-state index contributed by atoms with van der Waals surface area (Å²) in [6, 6.07) is 1.69. The molecule has 0 unspecified atom stereocenters. The molecular weight excluding hydrogens is 292 g/mol. The maximum Gasteiger partial charge on any atom is 0.269 e. The molecule has 0 atom stereocenters. The Morgan fingerprint density at radius 2 is 2.10 bits per heavy atom. The van der Waals surface area contributed by atoms with Gasteiger partial charge < -0.3 is 10.6 Å². The average molecular weight is 308 g/mol. The van der Waals surface area contributed by atoms with E-state index in [0.29, 0.717) is 10.8 Å². The quantitative estimate of drug-likeness (QED) is 0.844. The lowest BCUT2D eigenvalue weighted by atomic mass is 10.3. The van der Waals surface area contributed by atoms with Crippen molar-refractivity contribution in [2.45, 2.75) is 20.3 Å². The molecule has 0 bridgehead atoms. The highest BCUT2D eigenvalue weighted by atomic mass is 32.1. The second-order valence-corrected chi connectivity index (χ2v) is 5.66. The fraction of sp³-hybridized carbons (Fsp3) is 0.417. The molecular formula is C12H16N6O2S. The molecule has 0 aliphatic carbocycles. The lowest BCUT2D eigenvalue weighted by molar-refractivity contribution is -0.116. The topological polar surface area (TPSA) is 102 Å². The van der Waals surface area contributed by atoms with Crippen LogP contribution in [0.4, 0.5) is 5.13 Å². The first-order valence-corrected chi connectivity index (χ1v) is 7.16. The standard InChI is InChI=1S/C12H16N6O2S/c1-7-6-9(18(3)17-7)11(20)13-5-4-10(19)14-12-16-15-8(2)21-12/h6H,4-5H2,1-3H3,(H,13,20)(H,14,16,19). The number of hydrogen-bond acceptors (Lipinski definition) is 6. The molecule has 2 heterocycles. The Balaban J connectivity index is 1.77. The van der Waals surface area contributed by atoms with Crippen molar-refractivity contribution in [1.82, 2.24) is 25.3 Å². The lowest BCUT2D eigenvalue weighted by Gasteiger charge is -2.05. The Morgan fingerprint density at radius 3 is 2.67 bits per heavy atom. The number of nitrogens with zero attached hydrogens (tertiary/aromatic N) is 4. The normalized spacial score (nSPS) is 10.4. The van der Waals surface area contributed by atoms with Crippen molar-refractivity contribution >= 4 is 28.3 Å². The maximum absolute atomic E-state index is 11.9. The van der Waals surface area contributed by atoms with Crippen LogP contribution in [-0.4, -0.2) is 38.3 Å². The van der Waals surface area contributed by atoms with Gasteiger partial charge in [-0.15, -0.1) is 10.2 Å². The fourth-order valence-corrected chi connectivity index (χ4v) is 2.34. The number of anilines is 1. The average Bonchev–Trinajstić information content (AvgIpc) is 2.95. The molecule has 2 N–H and O–H groups in total. The number of aryl methyl sites for hydroxylation is 3. The molecule has 0 fully saturated rings. The Labute approximate surface area is 125 Å². The third-order valence-electron chi connectivity index (χ3n) is 2.64. The number of rotatable bonds is 5. The van der Waals surface area contributed by atoms with Gasteiger partial charge in [0, 0.05) is 20.0 Å². The van der Waals surface area contributed by atoms with E-state index in [-0.39, 0.29) is 24.8 Å². The maximum atomic E-state index is 11.9. The van der Waals surface area contributed by atoms with Crippen molar-refractivity contribution in [3.8, 4) is 0 Å². The van der Waals surface area contributed by atoms with E-state index in [1.165, 1.54) is 16.0 Å². The predicted molar refractivity (Wildman–Crippen MR) is 78.2 cm³/mol. The summed E-state index contributed by atoms with van der Waals surface area (Å²) in [6.07, 6.45) is 0.168. The van der Waals surface area contributed by atoms with E-state index in [0.717, 1.165) is 10.7 Å². The van der Waals surface area contributed by atoms with Crippen LogP contribution in [0.25, 0.3) is 0 Å². The van der Waals surface area contributed by atoms with Gasteiger partial charge in [0.25, 0.3) is 5.91 Å². The van der Waals surface area contributed by atoms with Gasteiger partial charge in [-0.05, 0) is 19.9 Å². The zero-order valence-electron chi connectivity index (χ0n) is 12.0. The second-order valence-electron chi connectivity index (χ2n) is 4.47. The SMILES string of the molecule is Cc1cc(C(=O)NCCC(=O)Nc2nnc(C)s2)n(C)n1. The van der Waals surface area contributed by atoms with Crippen molar-refractivity contribution in [2.75, 3.05) is 11.9 Å². The van der Waals surface area contributed by atoms with Gasteiger partial charge in [-0.1, -0.05) is 11.3 Å². The predicted octanol–water partition coefficient (Wildman–Crippen LogP) is 0.647. The summed E-state index contributed by atoms with van der Waals surface area (Å²) >= 11 is 1.30. The molecule has 8 nitrogen and oxygen atoms in total. The van der Waals surface area contributed by atoms with Crippen LogP contribution in [0, 0.1) is 13.8 Å². The van der Waals surface area contributed by atoms with Crippen LogP contribution >= 0.6 is 11.3 Å². The first-order chi connectivity index (χ1) is 9.95. The van der Waals surface area contributed by atoms with Gasteiger partial charge in [0.1, 0.15) is 10.7 Å². The molecule has 112 valence electrons. The summed E-state index contributed by atoms with van der Waals surface area (Å²) in [6.45, 7) is 3.87. The van der Waals surface area contributed by atoms with E-state index < -0.39 is 0 Å². The highest BCUT2D eigenvalue weighted by molar-refractivity contribution is 7.15. The van der Waals surface area contributed by atoms with Gasteiger partial charge in [-0.25, -0.2) is 0 Å². The van der Waals surface area contributed by atoms with Gasteiger partial charge in [-0.2, -0.15) is 5.10 Å². The first-order valence-electron chi connectivity index (χ1n) is 6.34. The summed E-state index contributed by atoms with van der Waals surface area (Å²) in [5.41, 5.74) is 1.24. The number of amides is 2. The number of nitrogens with one attached hydrogen (secondary N) is 2. The van der Waals surface area contributed by atoms with Crippen LogP contribution in [0.2, 0.25) is 0 Å². The molecule has 0 saturated heterocycles. The minimum Gasteiger partial charge on any atom is -0.350 e. The Kier molecular flexibility index (Phi) is 4.63. The summed E-state index contributed by atoms with van der Waals surface area (Å²) in [4.78, 5) is 23.6.